The maximum Gasteiger partial charge on any atom is 0.216 e. The molecule has 0 aliphatic carbocycles. The highest BCUT2D eigenvalue weighted by atomic mass is 32.2. The van der Waals surface area contributed by atoms with Gasteiger partial charge in [0.2, 0.25) is 10.0 Å². The minimum Gasteiger partial charge on any atom is -0.497 e. The molecule has 0 radical (unpaired) electrons. The van der Waals surface area contributed by atoms with E-state index in [1.54, 1.807) is 7.11 Å². The van der Waals surface area contributed by atoms with Gasteiger partial charge in [0.25, 0.3) is 0 Å². The predicted molar refractivity (Wildman–Crippen MR) is 93.0 cm³/mol. The summed E-state index contributed by atoms with van der Waals surface area (Å²) in [4.78, 5) is 0. The molecular weight excluding hydrogens is 310 g/mol. The average Bonchev–Trinajstić information content (AvgIpc) is 2.52. The first-order valence-corrected chi connectivity index (χ1v) is 9.28. The number of benzene rings is 2. The van der Waals surface area contributed by atoms with Crippen LogP contribution < -0.4 is 9.46 Å². The summed E-state index contributed by atoms with van der Waals surface area (Å²) < 4.78 is 32.8. The van der Waals surface area contributed by atoms with E-state index in [0.717, 1.165) is 22.4 Å². The van der Waals surface area contributed by atoms with Gasteiger partial charge in [-0.15, -0.1) is 0 Å². The number of ether oxygens (including phenoxy) is 1. The Hall–Kier alpha value is -1.85. The highest BCUT2D eigenvalue weighted by Gasteiger charge is 2.18. The van der Waals surface area contributed by atoms with E-state index in [-0.39, 0.29) is 11.8 Å². The fourth-order valence-electron chi connectivity index (χ4n) is 2.50. The summed E-state index contributed by atoms with van der Waals surface area (Å²) in [6, 6.07) is 14.8. The van der Waals surface area contributed by atoms with Gasteiger partial charge >= 0.3 is 0 Å². The van der Waals surface area contributed by atoms with Gasteiger partial charge in [-0.3, -0.25) is 0 Å². The molecule has 2 rings (SSSR count). The van der Waals surface area contributed by atoms with Crippen molar-refractivity contribution in [1.82, 2.24) is 4.72 Å². The number of rotatable bonds is 7. The Labute approximate surface area is 138 Å². The number of sulfonamides is 1. The van der Waals surface area contributed by atoms with Crippen LogP contribution in [0.15, 0.2) is 48.5 Å². The molecule has 0 fully saturated rings. The zero-order chi connectivity index (χ0) is 16.9. The third-order valence-electron chi connectivity index (χ3n) is 3.69. The van der Waals surface area contributed by atoms with Crippen LogP contribution in [0.3, 0.4) is 0 Å². The highest BCUT2D eigenvalue weighted by molar-refractivity contribution is 7.88. The van der Waals surface area contributed by atoms with Gasteiger partial charge in [-0.25, -0.2) is 13.1 Å². The summed E-state index contributed by atoms with van der Waals surface area (Å²) in [5.74, 6) is 0.743. The summed E-state index contributed by atoms with van der Waals surface area (Å²) in [5, 5.41) is 0. The van der Waals surface area contributed by atoms with Crippen molar-refractivity contribution in [3.05, 3.63) is 65.2 Å². The van der Waals surface area contributed by atoms with Crippen molar-refractivity contribution in [1.29, 1.82) is 0 Å². The second-order valence-electron chi connectivity index (χ2n) is 5.60. The topological polar surface area (TPSA) is 55.4 Å². The van der Waals surface area contributed by atoms with Crippen molar-refractivity contribution < 1.29 is 13.2 Å². The normalized spacial score (nSPS) is 12.8. The van der Waals surface area contributed by atoms with Crippen molar-refractivity contribution in [3.8, 4) is 5.75 Å². The summed E-state index contributed by atoms with van der Waals surface area (Å²) in [6.45, 7) is 3.92. The number of aryl methyl sites for hydroxylation is 1. The van der Waals surface area contributed by atoms with Crippen molar-refractivity contribution in [3.63, 3.8) is 0 Å². The lowest BCUT2D eigenvalue weighted by Crippen LogP contribution is -2.29. The molecule has 1 N–H and O–H groups in total. The van der Waals surface area contributed by atoms with Crippen LogP contribution in [-0.4, -0.2) is 15.5 Å². The lowest BCUT2D eigenvalue weighted by atomic mass is 10.1. The molecule has 0 bridgehead atoms. The van der Waals surface area contributed by atoms with Crippen LogP contribution in [-0.2, 0) is 15.8 Å². The van der Waals surface area contributed by atoms with Crippen LogP contribution in [0.25, 0.3) is 0 Å². The Morgan fingerprint density at radius 3 is 2.39 bits per heavy atom. The number of nitrogens with one attached hydrogen (secondary N) is 1. The molecule has 0 saturated heterocycles. The third kappa shape index (κ3) is 5.08. The van der Waals surface area contributed by atoms with E-state index in [2.05, 4.69) is 4.72 Å². The molecule has 0 saturated carbocycles. The summed E-state index contributed by atoms with van der Waals surface area (Å²) in [5.41, 5.74) is 2.78. The summed E-state index contributed by atoms with van der Waals surface area (Å²) in [7, 11) is -1.80. The van der Waals surface area contributed by atoms with E-state index < -0.39 is 10.0 Å². The summed E-state index contributed by atoms with van der Waals surface area (Å²) >= 11 is 0. The lowest BCUT2D eigenvalue weighted by molar-refractivity contribution is 0.414. The number of hydrogen-bond acceptors (Lipinski definition) is 3. The third-order valence-corrected chi connectivity index (χ3v) is 5.04. The van der Waals surface area contributed by atoms with Crippen molar-refractivity contribution in [2.24, 2.45) is 0 Å². The van der Waals surface area contributed by atoms with Crippen LogP contribution in [0.2, 0.25) is 0 Å². The van der Waals surface area contributed by atoms with E-state index >= 15 is 0 Å². The Kier molecular flexibility index (Phi) is 5.80. The van der Waals surface area contributed by atoms with Crippen LogP contribution in [0.5, 0.6) is 5.75 Å². The van der Waals surface area contributed by atoms with Gasteiger partial charge in [-0.1, -0.05) is 48.9 Å². The first-order valence-electron chi connectivity index (χ1n) is 7.63. The molecule has 1 unspecified atom stereocenters. The number of hydrogen-bond donors (Lipinski definition) is 1. The van der Waals surface area contributed by atoms with Crippen molar-refractivity contribution in [2.75, 3.05) is 7.11 Å². The molecule has 0 aliphatic heterocycles. The Bertz CT molecular complexity index is 739. The Balaban J connectivity index is 2.12. The first-order chi connectivity index (χ1) is 10.9. The fraction of sp³-hybridized carbons (Fsp3) is 0.333. The quantitative estimate of drug-likeness (QED) is 0.843. The molecule has 23 heavy (non-hydrogen) atoms. The largest absolute Gasteiger partial charge is 0.497 e. The minimum atomic E-state index is -3.41. The van der Waals surface area contributed by atoms with Crippen LogP contribution in [0.1, 0.15) is 36.1 Å². The van der Waals surface area contributed by atoms with Gasteiger partial charge in [0, 0.05) is 6.04 Å². The van der Waals surface area contributed by atoms with Gasteiger partial charge < -0.3 is 4.74 Å². The predicted octanol–water partition coefficient (Wildman–Crippen LogP) is 3.57. The van der Waals surface area contributed by atoms with Gasteiger partial charge in [0.15, 0.2) is 0 Å². The average molecular weight is 333 g/mol. The van der Waals surface area contributed by atoms with Gasteiger partial charge in [-0.2, -0.15) is 0 Å². The maximum atomic E-state index is 12.4. The highest BCUT2D eigenvalue weighted by Crippen LogP contribution is 2.21. The standard InChI is InChI=1S/C18H23NO3S/c1-4-18(16-8-10-17(22-3)11-9-16)19-23(20,21)13-15-7-5-6-14(2)12-15/h5-12,18-19H,4,13H2,1-3H3. The molecular formula is C18H23NO3S. The second kappa shape index (κ2) is 7.62. The van der Waals surface area contributed by atoms with E-state index in [9.17, 15) is 8.42 Å². The molecule has 0 aliphatic rings. The maximum absolute atomic E-state index is 12.4. The smallest absolute Gasteiger partial charge is 0.216 e. The van der Waals surface area contributed by atoms with Gasteiger partial charge in [0.05, 0.1) is 12.9 Å². The second-order valence-corrected chi connectivity index (χ2v) is 7.35. The monoisotopic (exact) mass is 333 g/mol. The van der Waals surface area contributed by atoms with Crippen LogP contribution >= 0.6 is 0 Å². The molecule has 0 amide bonds. The number of methoxy groups -OCH3 is 1. The zero-order valence-electron chi connectivity index (χ0n) is 13.7. The van der Waals surface area contributed by atoms with Crippen LogP contribution in [0.4, 0.5) is 0 Å². The SMILES string of the molecule is CCC(NS(=O)(=O)Cc1cccc(C)c1)c1ccc(OC)cc1. The van der Waals surface area contributed by atoms with E-state index in [0.29, 0.717) is 6.42 Å². The first kappa shape index (κ1) is 17.5. The molecule has 0 heterocycles. The molecule has 5 heteroatoms. The molecule has 0 aromatic heterocycles. The van der Waals surface area contributed by atoms with Crippen LogP contribution in [0, 0.1) is 6.92 Å². The molecule has 1 atom stereocenters. The van der Waals surface area contributed by atoms with Crippen molar-refractivity contribution >= 4 is 10.0 Å². The van der Waals surface area contributed by atoms with Gasteiger partial charge in [0.1, 0.15) is 5.75 Å². The van der Waals surface area contributed by atoms with E-state index in [1.807, 2.05) is 62.4 Å². The fourth-order valence-corrected chi connectivity index (χ4v) is 3.94. The van der Waals surface area contributed by atoms with E-state index in [4.69, 9.17) is 4.74 Å². The molecule has 124 valence electrons. The van der Waals surface area contributed by atoms with Gasteiger partial charge in [-0.05, 0) is 36.6 Å². The van der Waals surface area contributed by atoms with Crippen molar-refractivity contribution in [2.45, 2.75) is 32.1 Å². The lowest BCUT2D eigenvalue weighted by Gasteiger charge is -2.18. The molecule has 4 nitrogen and oxygen atoms in total. The molecule has 2 aromatic rings. The molecule has 2 aromatic carbocycles. The van der Waals surface area contributed by atoms with E-state index in [1.165, 1.54) is 0 Å². The Morgan fingerprint density at radius 2 is 1.83 bits per heavy atom. The zero-order valence-corrected chi connectivity index (χ0v) is 14.6. The molecule has 0 spiro atoms. The minimum absolute atomic E-state index is 0.0126. The summed E-state index contributed by atoms with van der Waals surface area (Å²) in [6.07, 6.45) is 0.680. The Morgan fingerprint density at radius 1 is 1.13 bits per heavy atom.